The molecule has 1 fully saturated rings. The van der Waals surface area contributed by atoms with Gasteiger partial charge in [-0.05, 0) is 102 Å². The summed E-state index contributed by atoms with van der Waals surface area (Å²) in [5.41, 5.74) is 1.92. The third kappa shape index (κ3) is 10.5. The van der Waals surface area contributed by atoms with Gasteiger partial charge in [-0.1, -0.05) is 42.5 Å². The van der Waals surface area contributed by atoms with Crippen LogP contribution in [0.2, 0.25) is 0 Å². The Morgan fingerprint density at radius 3 is 1.89 bits per heavy atom. The van der Waals surface area contributed by atoms with E-state index in [1.54, 1.807) is 57.2 Å². The van der Waals surface area contributed by atoms with Gasteiger partial charge in [-0.25, -0.2) is 4.79 Å². The van der Waals surface area contributed by atoms with Gasteiger partial charge in [0.1, 0.15) is 12.1 Å². The first-order chi connectivity index (χ1) is 22.1. The Hall–Kier alpha value is -4.55. The number of nitrogens with zero attached hydrogens (tertiary/aromatic N) is 2. The molecule has 0 spiro atoms. The second-order valence-corrected chi connectivity index (χ2v) is 13.4. The lowest BCUT2D eigenvalue weighted by molar-refractivity contribution is -0.120. The lowest BCUT2D eigenvalue weighted by atomic mass is 9.74. The number of benzene rings is 3. The molecule has 3 aromatic rings. The van der Waals surface area contributed by atoms with E-state index in [4.69, 9.17) is 14.0 Å². The zero-order chi connectivity index (χ0) is 34.2. The van der Waals surface area contributed by atoms with Gasteiger partial charge in [0.2, 0.25) is 5.91 Å². The number of carbonyl (C=O) groups excluding carboxylic acids is 3. The third-order valence-corrected chi connectivity index (χ3v) is 7.84. The van der Waals surface area contributed by atoms with E-state index >= 15 is 0 Å². The molecule has 11 nitrogen and oxygen atoms in total. The lowest BCUT2D eigenvalue weighted by Crippen LogP contribution is -2.49. The number of carbonyl (C=O) groups is 3. The first-order valence-electron chi connectivity index (χ1n) is 15.6. The van der Waals surface area contributed by atoms with Gasteiger partial charge < -0.3 is 30.0 Å². The van der Waals surface area contributed by atoms with Crippen LogP contribution in [0.4, 0.5) is 16.2 Å². The SMILES string of the molecule is CC(C)(C)OC(=O)NCC(=O)NCc1ccc(N=Nc2ccc(C(=O)NC(Cc3ccccc3)B3OC(C)(C)C(C)(C)O3)cc2)cc1. The number of alkyl carbamates (subject to hydrolysis) is 1. The molecule has 0 bridgehead atoms. The molecule has 47 heavy (non-hydrogen) atoms. The van der Waals surface area contributed by atoms with Crippen LogP contribution in [-0.2, 0) is 31.8 Å². The number of rotatable bonds is 11. The number of ether oxygens (including phenoxy) is 1. The first-order valence-corrected chi connectivity index (χ1v) is 15.6. The molecule has 1 saturated heterocycles. The van der Waals surface area contributed by atoms with Crippen molar-refractivity contribution in [1.29, 1.82) is 0 Å². The maximum atomic E-state index is 13.3. The van der Waals surface area contributed by atoms with Gasteiger partial charge in [-0.2, -0.15) is 10.2 Å². The van der Waals surface area contributed by atoms with Crippen LogP contribution in [0.3, 0.4) is 0 Å². The third-order valence-electron chi connectivity index (χ3n) is 7.84. The Labute approximate surface area is 277 Å². The summed E-state index contributed by atoms with van der Waals surface area (Å²) in [7, 11) is -0.610. The molecular weight excluding hydrogens is 597 g/mol. The minimum atomic E-state index is -0.648. The van der Waals surface area contributed by atoms with Crippen LogP contribution in [0.15, 0.2) is 89.1 Å². The molecule has 12 heteroatoms. The highest BCUT2D eigenvalue weighted by Gasteiger charge is 2.54. The molecular formula is C35H44BN5O6. The Balaban J connectivity index is 1.30. The van der Waals surface area contributed by atoms with Crippen LogP contribution in [0.1, 0.15) is 70.0 Å². The summed E-state index contributed by atoms with van der Waals surface area (Å²) in [5, 5.41) is 16.9. The monoisotopic (exact) mass is 641 g/mol. The van der Waals surface area contributed by atoms with E-state index in [-0.39, 0.29) is 24.9 Å². The van der Waals surface area contributed by atoms with Gasteiger partial charge in [0.05, 0.1) is 28.5 Å². The molecule has 1 unspecified atom stereocenters. The molecule has 3 amide bonds. The van der Waals surface area contributed by atoms with E-state index in [2.05, 4.69) is 26.2 Å². The van der Waals surface area contributed by atoms with E-state index in [9.17, 15) is 14.4 Å². The Kier molecular flexibility index (Phi) is 11.2. The molecule has 0 aliphatic carbocycles. The summed E-state index contributed by atoms with van der Waals surface area (Å²) >= 11 is 0. The number of amides is 3. The summed E-state index contributed by atoms with van der Waals surface area (Å²) in [6.45, 7) is 13.3. The van der Waals surface area contributed by atoms with Crippen LogP contribution in [0, 0.1) is 0 Å². The van der Waals surface area contributed by atoms with E-state index in [0.29, 0.717) is 23.4 Å². The molecule has 1 aliphatic rings. The molecule has 1 heterocycles. The van der Waals surface area contributed by atoms with Gasteiger partial charge >= 0.3 is 13.2 Å². The number of hydrogen-bond donors (Lipinski definition) is 3. The summed E-state index contributed by atoms with van der Waals surface area (Å²) in [6, 6.07) is 24.0. The average molecular weight is 642 g/mol. The highest BCUT2D eigenvalue weighted by atomic mass is 16.7. The molecule has 0 radical (unpaired) electrons. The van der Waals surface area contributed by atoms with E-state index < -0.39 is 36.0 Å². The van der Waals surface area contributed by atoms with Crippen LogP contribution >= 0.6 is 0 Å². The zero-order valence-electron chi connectivity index (χ0n) is 28.1. The molecule has 1 aliphatic heterocycles. The fourth-order valence-electron chi connectivity index (χ4n) is 4.59. The predicted molar refractivity (Wildman–Crippen MR) is 181 cm³/mol. The summed E-state index contributed by atoms with van der Waals surface area (Å²) < 4.78 is 17.7. The number of azo groups is 1. The normalized spacial score (nSPS) is 16.0. The van der Waals surface area contributed by atoms with Crippen molar-refractivity contribution >= 4 is 36.4 Å². The number of hydrogen-bond acceptors (Lipinski definition) is 8. The van der Waals surface area contributed by atoms with E-state index in [1.807, 2.05) is 70.2 Å². The average Bonchev–Trinajstić information content (AvgIpc) is 3.24. The molecule has 248 valence electrons. The van der Waals surface area contributed by atoms with Gasteiger partial charge in [0.25, 0.3) is 5.91 Å². The standard InChI is InChI=1S/C35H44BN5O6/c1-33(2,3)45-32(44)38-23-30(42)37-22-25-13-17-27(18-14-25)40-41-28-19-15-26(16-20-28)31(43)39-29(21-24-11-9-8-10-12-24)36-46-34(4,5)35(6,7)47-36/h8-20,29H,21-23H2,1-7H3,(H,37,42)(H,38,44)(H,39,43). The predicted octanol–water partition coefficient (Wildman–Crippen LogP) is 6.22. The Morgan fingerprint density at radius 1 is 0.787 bits per heavy atom. The molecule has 3 N–H and O–H groups in total. The summed E-state index contributed by atoms with van der Waals surface area (Å²) in [5.74, 6) is -0.987. The van der Waals surface area contributed by atoms with Gasteiger partial charge in [0.15, 0.2) is 0 Å². The fraction of sp³-hybridized carbons (Fsp3) is 0.400. The number of nitrogens with one attached hydrogen (secondary N) is 3. The second kappa shape index (κ2) is 14.9. The minimum absolute atomic E-state index is 0.185. The Morgan fingerprint density at radius 2 is 1.34 bits per heavy atom. The van der Waals surface area contributed by atoms with Crippen LogP contribution in [0.25, 0.3) is 0 Å². The molecule has 1 atom stereocenters. The maximum absolute atomic E-state index is 13.3. The first kappa shape index (κ1) is 35.3. The lowest BCUT2D eigenvalue weighted by Gasteiger charge is -2.32. The van der Waals surface area contributed by atoms with Crippen molar-refractivity contribution in [1.82, 2.24) is 16.0 Å². The van der Waals surface area contributed by atoms with Crippen LogP contribution in [0.5, 0.6) is 0 Å². The summed E-state index contributed by atoms with van der Waals surface area (Å²) in [4.78, 5) is 37.1. The van der Waals surface area contributed by atoms with E-state index in [1.165, 1.54) is 0 Å². The van der Waals surface area contributed by atoms with Crippen molar-refractivity contribution < 1.29 is 28.4 Å². The molecule has 3 aromatic carbocycles. The molecule has 0 saturated carbocycles. The highest BCUT2D eigenvalue weighted by Crippen LogP contribution is 2.38. The quantitative estimate of drug-likeness (QED) is 0.168. The largest absolute Gasteiger partial charge is 0.482 e. The van der Waals surface area contributed by atoms with Crippen molar-refractivity contribution in [2.45, 2.75) is 84.2 Å². The van der Waals surface area contributed by atoms with Crippen molar-refractivity contribution in [2.24, 2.45) is 10.2 Å². The van der Waals surface area contributed by atoms with Crippen LogP contribution < -0.4 is 16.0 Å². The molecule has 0 aromatic heterocycles. The minimum Gasteiger partial charge on any atom is -0.444 e. The smallest absolute Gasteiger partial charge is 0.444 e. The maximum Gasteiger partial charge on any atom is 0.482 e. The van der Waals surface area contributed by atoms with Crippen molar-refractivity contribution in [3.05, 3.63) is 95.6 Å². The van der Waals surface area contributed by atoms with Gasteiger partial charge in [0, 0.05) is 12.1 Å². The van der Waals surface area contributed by atoms with Gasteiger partial charge in [-0.15, -0.1) is 0 Å². The van der Waals surface area contributed by atoms with Gasteiger partial charge in [-0.3, -0.25) is 9.59 Å². The van der Waals surface area contributed by atoms with E-state index in [0.717, 1.165) is 11.1 Å². The van der Waals surface area contributed by atoms with Crippen molar-refractivity contribution in [3.63, 3.8) is 0 Å². The zero-order valence-corrected chi connectivity index (χ0v) is 28.1. The highest BCUT2D eigenvalue weighted by molar-refractivity contribution is 6.48. The van der Waals surface area contributed by atoms with Crippen LogP contribution in [-0.4, -0.2) is 54.3 Å². The van der Waals surface area contributed by atoms with Crippen molar-refractivity contribution in [3.8, 4) is 0 Å². The molecule has 4 rings (SSSR count). The second-order valence-electron chi connectivity index (χ2n) is 13.4. The summed E-state index contributed by atoms with van der Waals surface area (Å²) in [6.07, 6.45) is -0.0997. The Bertz CT molecular complexity index is 1540. The van der Waals surface area contributed by atoms with Crippen molar-refractivity contribution in [2.75, 3.05) is 6.54 Å². The fourth-order valence-corrected chi connectivity index (χ4v) is 4.59. The topological polar surface area (TPSA) is 140 Å².